The molecule has 3 saturated heterocycles. The third kappa shape index (κ3) is 7.19. The Balaban J connectivity index is 0.760. The van der Waals surface area contributed by atoms with Gasteiger partial charge in [-0.2, -0.15) is 10.1 Å². The zero-order valence-corrected chi connectivity index (χ0v) is 31.6. The molecule has 0 radical (unpaired) electrons. The van der Waals surface area contributed by atoms with Crippen molar-refractivity contribution in [2.24, 2.45) is 0 Å². The number of hydrogen-bond acceptors (Lipinski definition) is 13. The van der Waals surface area contributed by atoms with Crippen molar-refractivity contribution in [2.45, 2.75) is 64.1 Å². The number of piperazine rings is 1. The molecule has 4 aliphatic rings. The summed E-state index contributed by atoms with van der Waals surface area (Å²) in [6.07, 6.45) is 7.27. The van der Waals surface area contributed by atoms with Crippen LogP contribution in [0.1, 0.15) is 71.3 Å². The zero-order valence-electron chi connectivity index (χ0n) is 31.6. The lowest BCUT2D eigenvalue weighted by molar-refractivity contribution is -0.137. The maximum Gasteiger partial charge on any atom is 0.323 e. The summed E-state index contributed by atoms with van der Waals surface area (Å²) in [6, 6.07) is 8.09. The van der Waals surface area contributed by atoms with Crippen LogP contribution in [0.25, 0.3) is 17.2 Å². The molecule has 2 unspecified atom stereocenters. The third-order valence-corrected chi connectivity index (χ3v) is 11.0. The Bertz CT molecular complexity index is 2450. The minimum absolute atomic E-state index is 0.0231. The second-order valence-electron chi connectivity index (χ2n) is 14.7. The smallest absolute Gasteiger partial charge is 0.323 e. The van der Waals surface area contributed by atoms with Crippen molar-refractivity contribution in [3.05, 3.63) is 77.2 Å². The standard InChI is InChI=1S/C39H40N12O7/c1-22-17-24(43-39(56)44-27-20-40-30-10-11-42-51(30)35(27)29-3-2-16-57-29)19-41-34(22)36-46-32(58-47-36)8-9-33(53)49-14-12-48(13-15-49)25-4-5-26-23(18-25)21-50(38(26)55)28-6-7-31(52)45-37(28)54/h4-5,10-11,17-20,28-29H,2-3,6-9,12-16,21H2,1H3,(H2,43,44,56)(H,45,52,54). The number of ether oxygens (including phenoxy) is 1. The monoisotopic (exact) mass is 788 g/mol. The Morgan fingerprint density at radius 1 is 1.00 bits per heavy atom. The highest BCUT2D eigenvalue weighted by Crippen LogP contribution is 2.34. The van der Waals surface area contributed by atoms with Crippen molar-refractivity contribution in [2.75, 3.05) is 48.3 Å². The Morgan fingerprint density at radius 2 is 1.86 bits per heavy atom. The van der Waals surface area contributed by atoms with E-state index in [1.807, 2.05) is 24.0 Å². The first-order valence-electron chi connectivity index (χ1n) is 19.3. The van der Waals surface area contributed by atoms with Crippen LogP contribution in [0, 0.1) is 6.92 Å². The number of amides is 6. The first-order chi connectivity index (χ1) is 28.2. The summed E-state index contributed by atoms with van der Waals surface area (Å²) in [7, 11) is 0. The fraction of sp³-hybridized carbons (Fsp3) is 0.385. The van der Waals surface area contributed by atoms with E-state index < -0.39 is 18.0 Å². The van der Waals surface area contributed by atoms with Crippen LogP contribution in [0.4, 0.5) is 21.9 Å². The van der Waals surface area contributed by atoms with E-state index in [1.54, 1.807) is 40.0 Å². The Morgan fingerprint density at radius 3 is 2.66 bits per heavy atom. The van der Waals surface area contributed by atoms with Crippen LogP contribution in [0.15, 0.2) is 53.4 Å². The van der Waals surface area contributed by atoms with Crippen LogP contribution in [0.2, 0.25) is 0 Å². The molecular formula is C39H40N12O7. The number of pyridine rings is 1. The number of nitrogens with zero attached hydrogens (tertiary/aromatic N) is 9. The molecule has 19 heteroatoms. The zero-order chi connectivity index (χ0) is 39.9. The third-order valence-electron chi connectivity index (χ3n) is 11.0. The minimum atomic E-state index is -0.660. The van der Waals surface area contributed by atoms with Gasteiger partial charge in [-0.05, 0) is 61.6 Å². The van der Waals surface area contributed by atoms with Crippen LogP contribution >= 0.6 is 0 Å². The molecule has 6 amide bonds. The van der Waals surface area contributed by atoms with E-state index in [1.165, 1.54) is 6.20 Å². The molecular weight excluding hydrogens is 749 g/mol. The molecule has 19 nitrogen and oxygen atoms in total. The number of hydrogen-bond donors (Lipinski definition) is 3. The highest BCUT2D eigenvalue weighted by Gasteiger charge is 2.39. The lowest BCUT2D eigenvalue weighted by Crippen LogP contribution is -2.52. The number of carbonyl (C=O) groups is 5. The lowest BCUT2D eigenvalue weighted by atomic mass is 10.0. The predicted octanol–water partition coefficient (Wildman–Crippen LogP) is 3.02. The quantitative estimate of drug-likeness (QED) is 0.183. The summed E-state index contributed by atoms with van der Waals surface area (Å²) in [5.74, 6) is -0.388. The van der Waals surface area contributed by atoms with Gasteiger partial charge in [0.1, 0.15) is 17.8 Å². The first kappa shape index (κ1) is 36.9. The number of imide groups is 1. The number of urea groups is 1. The van der Waals surface area contributed by atoms with Gasteiger partial charge in [-0.3, -0.25) is 29.5 Å². The number of aromatic nitrogens is 6. The van der Waals surface area contributed by atoms with E-state index in [0.29, 0.717) is 85.5 Å². The molecule has 8 heterocycles. The number of nitrogens with one attached hydrogen (secondary N) is 3. The van der Waals surface area contributed by atoms with Gasteiger partial charge in [-0.1, -0.05) is 5.16 Å². The summed E-state index contributed by atoms with van der Waals surface area (Å²) < 4.78 is 13.1. The maximum atomic E-state index is 13.2. The molecule has 298 valence electrons. The average molecular weight is 789 g/mol. The number of aryl methyl sites for hydroxylation is 2. The molecule has 4 aromatic heterocycles. The van der Waals surface area contributed by atoms with Crippen molar-refractivity contribution in [3.63, 3.8) is 0 Å². The van der Waals surface area contributed by atoms with Crippen LogP contribution < -0.4 is 20.9 Å². The van der Waals surface area contributed by atoms with E-state index in [0.717, 1.165) is 29.8 Å². The van der Waals surface area contributed by atoms with Gasteiger partial charge in [-0.25, -0.2) is 14.3 Å². The van der Waals surface area contributed by atoms with Crippen molar-refractivity contribution >= 4 is 52.4 Å². The van der Waals surface area contributed by atoms with Gasteiger partial charge in [0.2, 0.25) is 29.4 Å². The fourth-order valence-corrected chi connectivity index (χ4v) is 8.05. The maximum absolute atomic E-state index is 13.2. The number of carbonyl (C=O) groups excluding carboxylic acids is 5. The van der Waals surface area contributed by atoms with Gasteiger partial charge < -0.3 is 34.6 Å². The van der Waals surface area contributed by atoms with E-state index >= 15 is 0 Å². The van der Waals surface area contributed by atoms with Gasteiger partial charge in [-0.15, -0.1) is 0 Å². The molecule has 9 rings (SSSR count). The van der Waals surface area contributed by atoms with Crippen LogP contribution in [0.5, 0.6) is 0 Å². The highest BCUT2D eigenvalue weighted by atomic mass is 16.5. The minimum Gasteiger partial charge on any atom is -0.372 e. The molecule has 0 saturated carbocycles. The molecule has 4 aliphatic heterocycles. The van der Waals surface area contributed by atoms with Crippen molar-refractivity contribution in [3.8, 4) is 11.5 Å². The van der Waals surface area contributed by atoms with E-state index in [2.05, 4.69) is 46.1 Å². The Kier molecular flexibility index (Phi) is 9.72. The first-order valence-corrected chi connectivity index (χ1v) is 19.3. The summed E-state index contributed by atoms with van der Waals surface area (Å²) in [6.45, 7) is 5.07. The fourth-order valence-electron chi connectivity index (χ4n) is 8.05. The van der Waals surface area contributed by atoms with Crippen molar-refractivity contribution in [1.29, 1.82) is 0 Å². The largest absolute Gasteiger partial charge is 0.372 e. The molecule has 5 aromatic rings. The molecule has 3 fully saturated rings. The molecule has 0 spiro atoms. The van der Waals surface area contributed by atoms with Crippen LogP contribution in [0.3, 0.4) is 0 Å². The van der Waals surface area contributed by atoms with E-state index in [4.69, 9.17) is 9.26 Å². The second-order valence-corrected chi connectivity index (χ2v) is 14.7. The lowest BCUT2D eigenvalue weighted by Gasteiger charge is -2.36. The molecule has 58 heavy (non-hydrogen) atoms. The van der Waals surface area contributed by atoms with Crippen molar-refractivity contribution in [1.82, 2.24) is 44.8 Å². The molecule has 0 bridgehead atoms. The second kappa shape index (κ2) is 15.3. The van der Waals surface area contributed by atoms with Gasteiger partial charge in [0.25, 0.3) is 5.91 Å². The van der Waals surface area contributed by atoms with Crippen LogP contribution in [-0.4, -0.2) is 108 Å². The predicted molar refractivity (Wildman–Crippen MR) is 205 cm³/mol. The summed E-state index contributed by atoms with van der Waals surface area (Å²) in [5, 5.41) is 16.5. The van der Waals surface area contributed by atoms with Crippen molar-refractivity contribution < 1.29 is 33.2 Å². The molecule has 1 aromatic carbocycles. The summed E-state index contributed by atoms with van der Waals surface area (Å²) in [4.78, 5) is 82.3. The Hall–Kier alpha value is -6.76. The highest BCUT2D eigenvalue weighted by molar-refractivity contribution is 6.05. The number of anilines is 3. The average Bonchev–Trinajstić information content (AvgIpc) is 4.06. The van der Waals surface area contributed by atoms with Gasteiger partial charge in [0.15, 0.2) is 5.65 Å². The number of rotatable bonds is 9. The molecule has 2 atom stereocenters. The topological polar surface area (TPSA) is 222 Å². The Labute approximate surface area is 331 Å². The molecule has 0 aliphatic carbocycles. The summed E-state index contributed by atoms with van der Waals surface area (Å²) in [5.41, 5.74) is 5.90. The molecule has 3 N–H and O–H groups in total. The number of fused-ring (bicyclic) bond motifs is 2. The van der Waals surface area contributed by atoms with E-state index in [-0.39, 0.29) is 48.9 Å². The summed E-state index contributed by atoms with van der Waals surface area (Å²) >= 11 is 0. The van der Waals surface area contributed by atoms with Gasteiger partial charge in [0.05, 0.1) is 35.7 Å². The number of piperidine rings is 1. The van der Waals surface area contributed by atoms with Gasteiger partial charge in [0, 0.05) is 75.9 Å². The van der Waals surface area contributed by atoms with Crippen LogP contribution in [-0.2, 0) is 32.1 Å². The number of benzene rings is 1. The normalized spacial score (nSPS) is 19.5. The van der Waals surface area contributed by atoms with Gasteiger partial charge >= 0.3 is 6.03 Å². The van der Waals surface area contributed by atoms with E-state index in [9.17, 15) is 24.0 Å². The SMILES string of the molecule is Cc1cc(NC(=O)Nc2cnc3ccnn3c2C2CCCO2)cnc1-c1noc(CCC(=O)N2CCN(c3ccc4c(c3)CN(C3CCC(=O)NC3=O)C4=O)CC2)n1.